The molecule has 0 bridgehead atoms. The Hall–Kier alpha value is -3.45. The second kappa shape index (κ2) is 10.2. The van der Waals surface area contributed by atoms with Crippen LogP contribution in [-0.2, 0) is 21.5 Å². The van der Waals surface area contributed by atoms with E-state index in [0.717, 1.165) is 47.4 Å². The Morgan fingerprint density at radius 2 is 1.80 bits per heavy atom. The fourth-order valence-corrected chi connectivity index (χ4v) is 6.46. The number of aliphatic hydroxyl groups is 2. The van der Waals surface area contributed by atoms with Gasteiger partial charge < -0.3 is 24.6 Å². The smallest absolute Gasteiger partial charge is 0.340 e. The number of carboxylic acid groups (broad SMARTS) is 1. The van der Waals surface area contributed by atoms with Crippen molar-refractivity contribution in [2.45, 2.75) is 56.3 Å². The maximum Gasteiger partial charge on any atom is 0.340 e. The van der Waals surface area contributed by atoms with Crippen molar-refractivity contribution in [3.8, 4) is 17.0 Å². The SMILES string of the molecule is COc1ccc2c(c1)[C@@H](O)[C@](O)(C(=O)O)Cn1c-2c(C2CCCCC2)c2ccc(C(=O)NS(=O)(=O)N(C)C)cc21. The minimum absolute atomic E-state index is 0.0482. The number of aromatic nitrogens is 1. The largest absolute Gasteiger partial charge is 0.497 e. The lowest BCUT2D eigenvalue weighted by Crippen LogP contribution is -2.47. The van der Waals surface area contributed by atoms with E-state index in [0.29, 0.717) is 22.5 Å². The number of carbonyl (C=O) groups excluding carboxylic acids is 1. The first-order valence-electron chi connectivity index (χ1n) is 13.1. The molecule has 1 aliphatic heterocycles. The zero-order valence-electron chi connectivity index (χ0n) is 22.5. The van der Waals surface area contributed by atoms with E-state index >= 15 is 0 Å². The number of hydrogen-bond donors (Lipinski definition) is 4. The molecule has 0 radical (unpaired) electrons. The van der Waals surface area contributed by atoms with E-state index in [2.05, 4.69) is 0 Å². The van der Waals surface area contributed by atoms with Gasteiger partial charge in [0.2, 0.25) is 5.60 Å². The lowest BCUT2D eigenvalue weighted by molar-refractivity contribution is -0.174. The maximum absolute atomic E-state index is 13.0. The van der Waals surface area contributed by atoms with Crippen LogP contribution in [0, 0.1) is 0 Å². The predicted molar refractivity (Wildman–Crippen MR) is 147 cm³/mol. The molecule has 1 aromatic heterocycles. The molecule has 2 aliphatic rings. The molecule has 1 saturated carbocycles. The van der Waals surface area contributed by atoms with Gasteiger partial charge in [-0.1, -0.05) is 25.3 Å². The molecule has 4 N–H and O–H groups in total. The van der Waals surface area contributed by atoms with Crippen LogP contribution in [0.4, 0.5) is 0 Å². The van der Waals surface area contributed by atoms with Crippen molar-refractivity contribution < 1.29 is 38.1 Å². The number of hydrogen-bond acceptors (Lipinski definition) is 7. The second-order valence-corrected chi connectivity index (χ2v) is 12.6. The number of aliphatic hydroxyl groups excluding tert-OH is 1. The van der Waals surface area contributed by atoms with Crippen LogP contribution in [0.1, 0.15) is 65.6 Å². The zero-order chi connectivity index (χ0) is 29.0. The Balaban J connectivity index is 1.81. The standard InChI is InChI=1S/C28H33N3O8S/c1-30(2)40(37,38)29-26(33)17-9-11-20-22(13-17)31-15-28(36,27(34)35)25(32)21-14-18(39-3)10-12-19(21)24(31)23(20)16-7-5-4-6-8-16/h9-14,16,25,32,36H,4-8,15H2,1-3H3,(H,29,33)(H,34,35)/t25-,28+/m1/s1. The van der Waals surface area contributed by atoms with E-state index in [1.807, 2.05) is 4.72 Å². The van der Waals surface area contributed by atoms with Crippen LogP contribution in [-0.4, -0.2) is 71.3 Å². The molecule has 2 heterocycles. The second-order valence-electron chi connectivity index (χ2n) is 10.7. The van der Waals surface area contributed by atoms with Gasteiger partial charge in [-0.3, -0.25) is 4.79 Å². The molecule has 0 saturated heterocycles. The highest BCUT2D eigenvalue weighted by Crippen LogP contribution is 2.49. The number of ether oxygens (including phenoxy) is 1. The fraction of sp³-hybridized carbons (Fsp3) is 0.429. The van der Waals surface area contributed by atoms with Crippen LogP contribution in [0.15, 0.2) is 36.4 Å². The van der Waals surface area contributed by atoms with Crippen LogP contribution in [0.3, 0.4) is 0 Å². The Kier molecular flexibility index (Phi) is 7.15. The van der Waals surface area contributed by atoms with Gasteiger partial charge in [0.25, 0.3) is 5.91 Å². The molecule has 11 nitrogen and oxygen atoms in total. The van der Waals surface area contributed by atoms with E-state index < -0.39 is 40.3 Å². The number of nitrogens with one attached hydrogen (secondary N) is 1. The normalized spacial score (nSPS) is 21.5. The Morgan fingerprint density at radius 1 is 1.10 bits per heavy atom. The van der Waals surface area contributed by atoms with Crippen LogP contribution in [0.5, 0.6) is 5.75 Å². The third-order valence-electron chi connectivity index (χ3n) is 8.11. The predicted octanol–water partition coefficient (Wildman–Crippen LogP) is 2.76. The van der Waals surface area contributed by atoms with Gasteiger partial charge in [-0.15, -0.1) is 0 Å². The lowest BCUT2D eigenvalue weighted by Gasteiger charge is -2.28. The number of aliphatic carboxylic acids is 1. The minimum atomic E-state index is -4.05. The molecular formula is C28H33N3O8S. The summed E-state index contributed by atoms with van der Waals surface area (Å²) >= 11 is 0. The van der Waals surface area contributed by atoms with Gasteiger partial charge in [0.1, 0.15) is 11.9 Å². The first kappa shape index (κ1) is 28.1. The van der Waals surface area contributed by atoms with Gasteiger partial charge in [-0.25, -0.2) is 9.52 Å². The average Bonchev–Trinajstić information content (AvgIpc) is 3.20. The number of benzene rings is 2. The summed E-state index contributed by atoms with van der Waals surface area (Å²) in [5.74, 6) is -1.92. The van der Waals surface area contributed by atoms with E-state index in [4.69, 9.17) is 4.74 Å². The summed E-state index contributed by atoms with van der Waals surface area (Å²) in [5, 5.41) is 33.7. The summed E-state index contributed by atoms with van der Waals surface area (Å²) in [7, 11) is 0.00329. The Morgan fingerprint density at radius 3 is 2.42 bits per heavy atom. The van der Waals surface area contributed by atoms with Gasteiger partial charge in [0, 0.05) is 36.1 Å². The highest BCUT2D eigenvalue weighted by atomic mass is 32.2. The highest BCUT2D eigenvalue weighted by molar-refractivity contribution is 7.87. The molecule has 1 fully saturated rings. The third kappa shape index (κ3) is 4.54. The molecular weight excluding hydrogens is 538 g/mol. The van der Waals surface area contributed by atoms with Crippen molar-refractivity contribution in [1.29, 1.82) is 0 Å². The van der Waals surface area contributed by atoms with Gasteiger partial charge in [-0.2, -0.15) is 12.7 Å². The van der Waals surface area contributed by atoms with Crippen molar-refractivity contribution in [2.24, 2.45) is 0 Å². The quantitative estimate of drug-likeness (QED) is 0.352. The number of carbonyl (C=O) groups is 2. The van der Waals surface area contributed by atoms with E-state index in [-0.39, 0.29) is 17.0 Å². The summed E-state index contributed by atoms with van der Waals surface area (Å²) in [5.41, 5.74) is 0.300. The van der Waals surface area contributed by atoms with Crippen LogP contribution >= 0.6 is 0 Å². The summed E-state index contributed by atoms with van der Waals surface area (Å²) in [6.07, 6.45) is 3.20. The summed E-state index contributed by atoms with van der Waals surface area (Å²) in [4.78, 5) is 25.4. The van der Waals surface area contributed by atoms with Crippen LogP contribution in [0.25, 0.3) is 22.2 Å². The summed E-state index contributed by atoms with van der Waals surface area (Å²) < 4.78 is 34.5. The number of nitrogens with zero attached hydrogens (tertiary/aromatic N) is 2. The molecule has 2 atom stereocenters. The molecule has 3 aromatic rings. The zero-order valence-corrected chi connectivity index (χ0v) is 23.4. The van der Waals surface area contributed by atoms with Crippen molar-refractivity contribution >= 4 is 33.0 Å². The van der Waals surface area contributed by atoms with Crippen LogP contribution in [0.2, 0.25) is 0 Å². The summed E-state index contributed by atoms with van der Waals surface area (Å²) in [6, 6.07) is 9.80. The van der Waals surface area contributed by atoms with E-state index in [1.165, 1.54) is 33.3 Å². The number of fused-ring (bicyclic) bond motifs is 5. The first-order chi connectivity index (χ1) is 18.9. The molecule has 1 aliphatic carbocycles. The molecule has 0 spiro atoms. The highest BCUT2D eigenvalue weighted by Gasteiger charge is 2.49. The average molecular weight is 572 g/mol. The fourth-order valence-electron chi connectivity index (χ4n) is 5.92. The van der Waals surface area contributed by atoms with E-state index in [9.17, 15) is 33.3 Å². The van der Waals surface area contributed by atoms with Crippen molar-refractivity contribution in [2.75, 3.05) is 21.2 Å². The lowest BCUT2D eigenvalue weighted by atomic mass is 9.81. The molecule has 2 aromatic carbocycles. The Bertz CT molecular complexity index is 1610. The van der Waals surface area contributed by atoms with Crippen molar-refractivity contribution in [1.82, 2.24) is 13.6 Å². The maximum atomic E-state index is 13.0. The topological polar surface area (TPSA) is 158 Å². The first-order valence-corrected chi connectivity index (χ1v) is 14.6. The molecule has 5 rings (SSSR count). The molecule has 0 unspecified atom stereocenters. The van der Waals surface area contributed by atoms with Gasteiger partial charge in [-0.05, 0) is 60.2 Å². The Labute approximate surface area is 232 Å². The number of carboxylic acids is 1. The van der Waals surface area contributed by atoms with Crippen molar-refractivity contribution in [3.05, 3.63) is 53.1 Å². The molecule has 12 heteroatoms. The van der Waals surface area contributed by atoms with E-state index in [1.54, 1.807) is 28.8 Å². The number of rotatable bonds is 6. The van der Waals surface area contributed by atoms with Gasteiger partial charge in [0.05, 0.1) is 19.3 Å². The van der Waals surface area contributed by atoms with Crippen LogP contribution < -0.4 is 9.46 Å². The van der Waals surface area contributed by atoms with Gasteiger partial charge >= 0.3 is 16.2 Å². The van der Waals surface area contributed by atoms with Crippen molar-refractivity contribution in [3.63, 3.8) is 0 Å². The van der Waals surface area contributed by atoms with Gasteiger partial charge in [0.15, 0.2) is 0 Å². The number of amides is 1. The monoisotopic (exact) mass is 571 g/mol. The minimum Gasteiger partial charge on any atom is -0.497 e. The molecule has 40 heavy (non-hydrogen) atoms. The number of methoxy groups -OCH3 is 1. The third-order valence-corrected chi connectivity index (χ3v) is 9.52. The molecule has 214 valence electrons. The molecule has 1 amide bonds. The summed E-state index contributed by atoms with van der Waals surface area (Å²) in [6.45, 7) is -0.500.